The zero-order valence-corrected chi connectivity index (χ0v) is 9.25. The number of amides is 1. The van der Waals surface area contributed by atoms with E-state index in [-0.39, 0.29) is 16.4 Å². The van der Waals surface area contributed by atoms with E-state index in [2.05, 4.69) is 15.5 Å². The molecule has 2 aromatic rings. The van der Waals surface area contributed by atoms with Crippen LogP contribution >= 0.6 is 11.6 Å². The quantitative estimate of drug-likeness (QED) is 0.767. The molecule has 0 bridgehead atoms. The van der Waals surface area contributed by atoms with Gasteiger partial charge >= 0.3 is 0 Å². The number of hydrogen-bond acceptors (Lipinski definition) is 3. The van der Waals surface area contributed by atoms with Gasteiger partial charge in [0.05, 0.1) is 16.9 Å². The molecule has 0 unspecified atom stereocenters. The maximum absolute atomic E-state index is 12.8. The number of halogens is 2. The first kappa shape index (κ1) is 11.4. The van der Waals surface area contributed by atoms with E-state index in [0.717, 1.165) is 6.07 Å². The van der Waals surface area contributed by atoms with Crippen molar-refractivity contribution in [3.63, 3.8) is 0 Å². The smallest absolute Gasteiger partial charge is 0.261 e. The van der Waals surface area contributed by atoms with Crippen LogP contribution in [-0.2, 0) is 0 Å². The van der Waals surface area contributed by atoms with Crippen molar-refractivity contribution in [1.82, 2.24) is 10.2 Å². The SMILES string of the molecule is Nc1[nH]ncc1C(=O)Nc1ccc(F)cc1Cl. The lowest BCUT2D eigenvalue weighted by molar-refractivity contribution is 0.102. The first-order valence-corrected chi connectivity index (χ1v) is 5.01. The van der Waals surface area contributed by atoms with Crippen molar-refractivity contribution in [2.45, 2.75) is 0 Å². The highest BCUT2D eigenvalue weighted by atomic mass is 35.5. The molecule has 0 saturated heterocycles. The third-order valence-electron chi connectivity index (χ3n) is 2.09. The zero-order chi connectivity index (χ0) is 12.4. The normalized spacial score (nSPS) is 10.2. The summed E-state index contributed by atoms with van der Waals surface area (Å²) >= 11 is 5.77. The number of H-pyrrole nitrogens is 1. The van der Waals surface area contributed by atoms with Crippen LogP contribution in [0.2, 0.25) is 5.02 Å². The molecule has 7 heteroatoms. The number of nitrogen functional groups attached to an aromatic ring is 1. The number of hydrogen-bond donors (Lipinski definition) is 3. The molecular weight excluding hydrogens is 247 g/mol. The van der Waals surface area contributed by atoms with E-state index in [1.165, 1.54) is 18.3 Å². The Labute approximate surface area is 101 Å². The fourth-order valence-electron chi connectivity index (χ4n) is 1.26. The summed E-state index contributed by atoms with van der Waals surface area (Å²) in [6.07, 6.45) is 1.29. The molecule has 2 rings (SSSR count). The molecule has 1 aromatic carbocycles. The van der Waals surface area contributed by atoms with Crippen LogP contribution in [0.1, 0.15) is 10.4 Å². The number of anilines is 2. The lowest BCUT2D eigenvalue weighted by Gasteiger charge is -2.06. The van der Waals surface area contributed by atoms with Crippen molar-refractivity contribution >= 4 is 29.0 Å². The van der Waals surface area contributed by atoms with Crippen LogP contribution in [0.25, 0.3) is 0 Å². The summed E-state index contributed by atoms with van der Waals surface area (Å²) in [4.78, 5) is 11.7. The van der Waals surface area contributed by atoms with E-state index >= 15 is 0 Å². The van der Waals surface area contributed by atoms with Crippen LogP contribution in [-0.4, -0.2) is 16.1 Å². The topological polar surface area (TPSA) is 83.8 Å². The lowest BCUT2D eigenvalue weighted by atomic mass is 10.2. The number of carbonyl (C=O) groups is 1. The summed E-state index contributed by atoms with van der Waals surface area (Å²) in [6, 6.07) is 3.67. The van der Waals surface area contributed by atoms with Crippen LogP contribution in [0.3, 0.4) is 0 Å². The number of nitrogens with two attached hydrogens (primary N) is 1. The van der Waals surface area contributed by atoms with E-state index in [9.17, 15) is 9.18 Å². The third-order valence-corrected chi connectivity index (χ3v) is 2.41. The van der Waals surface area contributed by atoms with E-state index in [0.29, 0.717) is 5.69 Å². The van der Waals surface area contributed by atoms with Crippen molar-refractivity contribution < 1.29 is 9.18 Å². The first-order valence-electron chi connectivity index (χ1n) is 4.63. The van der Waals surface area contributed by atoms with Gasteiger partial charge in [-0.2, -0.15) is 5.10 Å². The monoisotopic (exact) mass is 254 g/mol. The van der Waals surface area contributed by atoms with Gasteiger partial charge in [-0.25, -0.2) is 4.39 Å². The Morgan fingerprint density at radius 2 is 2.29 bits per heavy atom. The number of aromatic nitrogens is 2. The Bertz CT molecular complexity index is 569. The molecule has 4 N–H and O–H groups in total. The molecule has 1 amide bonds. The minimum atomic E-state index is -0.476. The summed E-state index contributed by atoms with van der Waals surface area (Å²) in [7, 11) is 0. The molecule has 0 fully saturated rings. The van der Waals surface area contributed by atoms with Crippen LogP contribution in [0.5, 0.6) is 0 Å². The first-order chi connectivity index (χ1) is 8.08. The molecule has 0 atom stereocenters. The molecule has 0 aliphatic rings. The summed E-state index contributed by atoms with van der Waals surface area (Å²) in [5.41, 5.74) is 5.99. The zero-order valence-electron chi connectivity index (χ0n) is 8.50. The Hall–Kier alpha value is -2.08. The fourth-order valence-corrected chi connectivity index (χ4v) is 1.47. The molecule has 0 aliphatic carbocycles. The summed E-state index contributed by atoms with van der Waals surface area (Å²) in [5.74, 6) is -0.790. The van der Waals surface area contributed by atoms with Gasteiger partial charge in [-0.05, 0) is 18.2 Å². The number of nitrogens with zero attached hydrogens (tertiary/aromatic N) is 1. The number of benzene rings is 1. The van der Waals surface area contributed by atoms with Crippen molar-refractivity contribution in [3.8, 4) is 0 Å². The van der Waals surface area contributed by atoms with Gasteiger partial charge in [0.2, 0.25) is 0 Å². The van der Waals surface area contributed by atoms with Crippen molar-refractivity contribution in [3.05, 3.63) is 40.8 Å². The number of nitrogens with one attached hydrogen (secondary N) is 2. The number of carbonyl (C=O) groups excluding carboxylic acids is 1. The molecule has 17 heavy (non-hydrogen) atoms. The van der Waals surface area contributed by atoms with Gasteiger partial charge in [-0.15, -0.1) is 0 Å². The van der Waals surface area contributed by atoms with Gasteiger partial charge < -0.3 is 11.1 Å². The number of rotatable bonds is 2. The second-order valence-corrected chi connectivity index (χ2v) is 3.68. The molecule has 5 nitrogen and oxygen atoms in total. The van der Waals surface area contributed by atoms with Crippen molar-refractivity contribution in [2.24, 2.45) is 0 Å². The molecular formula is C10H8ClFN4O. The van der Waals surface area contributed by atoms with E-state index in [4.69, 9.17) is 17.3 Å². The second kappa shape index (κ2) is 4.42. The minimum Gasteiger partial charge on any atom is -0.383 e. The second-order valence-electron chi connectivity index (χ2n) is 3.28. The highest BCUT2D eigenvalue weighted by molar-refractivity contribution is 6.34. The molecule has 0 radical (unpaired) electrons. The van der Waals surface area contributed by atoms with Crippen LogP contribution < -0.4 is 11.1 Å². The van der Waals surface area contributed by atoms with Gasteiger partial charge in [0.15, 0.2) is 0 Å². The van der Waals surface area contributed by atoms with Crippen molar-refractivity contribution in [2.75, 3.05) is 11.1 Å². The van der Waals surface area contributed by atoms with Gasteiger partial charge in [0.25, 0.3) is 5.91 Å². The summed E-state index contributed by atoms with van der Waals surface area (Å²) < 4.78 is 12.8. The summed E-state index contributed by atoms with van der Waals surface area (Å²) in [5, 5.41) is 8.66. The fraction of sp³-hybridized carbons (Fsp3) is 0. The predicted octanol–water partition coefficient (Wildman–Crippen LogP) is 2.04. The Morgan fingerprint density at radius 1 is 1.53 bits per heavy atom. The molecule has 0 saturated carbocycles. The third kappa shape index (κ3) is 2.36. The summed E-state index contributed by atoms with van der Waals surface area (Å²) in [6.45, 7) is 0. The molecule has 0 aliphatic heterocycles. The Balaban J connectivity index is 2.22. The maximum atomic E-state index is 12.8. The van der Waals surface area contributed by atoms with Crippen LogP contribution in [0.4, 0.5) is 15.9 Å². The van der Waals surface area contributed by atoms with Gasteiger partial charge in [0.1, 0.15) is 17.2 Å². The molecule has 88 valence electrons. The van der Waals surface area contributed by atoms with E-state index in [1.807, 2.05) is 0 Å². The molecule has 1 aromatic heterocycles. The minimum absolute atomic E-state index is 0.111. The largest absolute Gasteiger partial charge is 0.383 e. The maximum Gasteiger partial charge on any atom is 0.261 e. The average molecular weight is 255 g/mol. The van der Waals surface area contributed by atoms with Crippen LogP contribution in [0.15, 0.2) is 24.4 Å². The molecule has 0 spiro atoms. The van der Waals surface area contributed by atoms with Crippen LogP contribution in [0, 0.1) is 5.82 Å². The van der Waals surface area contributed by atoms with E-state index < -0.39 is 11.7 Å². The highest BCUT2D eigenvalue weighted by Crippen LogP contribution is 2.23. The van der Waals surface area contributed by atoms with Gasteiger partial charge in [-0.1, -0.05) is 11.6 Å². The number of aromatic amines is 1. The predicted molar refractivity (Wildman–Crippen MR) is 62.4 cm³/mol. The van der Waals surface area contributed by atoms with Gasteiger partial charge in [0, 0.05) is 0 Å². The Kier molecular flexibility index (Phi) is 2.97. The van der Waals surface area contributed by atoms with Crippen molar-refractivity contribution in [1.29, 1.82) is 0 Å². The lowest BCUT2D eigenvalue weighted by Crippen LogP contribution is -2.13. The Morgan fingerprint density at radius 3 is 2.88 bits per heavy atom. The highest BCUT2D eigenvalue weighted by Gasteiger charge is 2.13. The van der Waals surface area contributed by atoms with Gasteiger partial charge in [-0.3, -0.25) is 9.89 Å². The standard InChI is InChI=1S/C10H8ClFN4O/c11-7-3-5(12)1-2-8(7)15-10(17)6-4-14-16-9(6)13/h1-4H,(H,15,17)(H3,13,14,16). The average Bonchev–Trinajstić information content (AvgIpc) is 2.68. The molecule has 1 heterocycles. The van der Waals surface area contributed by atoms with E-state index in [1.54, 1.807) is 0 Å².